The summed E-state index contributed by atoms with van der Waals surface area (Å²) in [4.78, 5) is 22.6. The number of alkyl halides is 3. The Hall–Kier alpha value is -3.28. The second-order valence-corrected chi connectivity index (χ2v) is 8.55. The van der Waals surface area contributed by atoms with Gasteiger partial charge in [0.1, 0.15) is 0 Å². The van der Waals surface area contributed by atoms with E-state index in [-0.39, 0.29) is 16.1 Å². The zero-order chi connectivity index (χ0) is 25.6. The number of aromatic carboxylic acids is 1. The van der Waals surface area contributed by atoms with Crippen LogP contribution in [0.4, 0.5) is 24.5 Å². The lowest BCUT2D eigenvalue weighted by atomic mass is 10.1. The summed E-state index contributed by atoms with van der Waals surface area (Å²) in [6, 6.07) is 9.45. The third-order valence-corrected chi connectivity index (χ3v) is 5.99. The van der Waals surface area contributed by atoms with Crippen LogP contribution in [-0.4, -0.2) is 49.8 Å². The normalized spacial score (nSPS) is 11.2. The minimum atomic E-state index is -5.08. The smallest absolute Gasteiger partial charge is 0.478 e. The predicted molar refractivity (Wildman–Crippen MR) is 117 cm³/mol. The van der Waals surface area contributed by atoms with Gasteiger partial charge in [-0.2, -0.15) is 13.2 Å². The van der Waals surface area contributed by atoms with Crippen LogP contribution in [0.25, 0.3) is 0 Å². The number of sulfonamides is 1. The second kappa shape index (κ2) is 11.0. The molecule has 8 nitrogen and oxygen atoms in total. The van der Waals surface area contributed by atoms with E-state index in [1.54, 1.807) is 24.3 Å². The third kappa shape index (κ3) is 7.67. The van der Waals surface area contributed by atoms with Gasteiger partial charge in [0.2, 0.25) is 0 Å². The van der Waals surface area contributed by atoms with Crippen LogP contribution in [0, 0.1) is 13.8 Å². The van der Waals surface area contributed by atoms with E-state index in [0.29, 0.717) is 18.8 Å². The molecule has 0 aliphatic rings. The van der Waals surface area contributed by atoms with E-state index < -0.39 is 28.1 Å². The van der Waals surface area contributed by atoms with Crippen molar-refractivity contribution >= 4 is 33.3 Å². The third-order valence-electron chi connectivity index (χ3n) is 4.61. The van der Waals surface area contributed by atoms with Gasteiger partial charge in [0.25, 0.3) is 10.0 Å². The molecule has 0 aromatic heterocycles. The van der Waals surface area contributed by atoms with Crippen molar-refractivity contribution in [3.63, 3.8) is 0 Å². The van der Waals surface area contributed by atoms with E-state index in [1.165, 1.54) is 12.1 Å². The molecule has 0 heterocycles. The van der Waals surface area contributed by atoms with Crippen LogP contribution < -0.4 is 9.62 Å². The molecule has 0 bridgehead atoms. The number of carboxylic acids is 2. The van der Waals surface area contributed by atoms with Crippen LogP contribution in [0.15, 0.2) is 41.3 Å². The number of carbonyl (C=O) groups is 2. The molecule has 0 radical (unpaired) electrons. The molecule has 0 saturated carbocycles. The number of hydrogen-bond acceptors (Lipinski definition) is 5. The number of rotatable bonds is 7. The summed E-state index contributed by atoms with van der Waals surface area (Å²) in [5.74, 6) is -3.85. The van der Waals surface area contributed by atoms with E-state index in [2.05, 4.69) is 4.72 Å². The summed E-state index contributed by atoms with van der Waals surface area (Å²) in [6.45, 7) is 8.94. The molecule has 0 unspecified atom stereocenters. The van der Waals surface area contributed by atoms with E-state index in [9.17, 15) is 31.5 Å². The molecule has 3 N–H and O–H groups in total. The topological polar surface area (TPSA) is 124 Å². The van der Waals surface area contributed by atoms with E-state index >= 15 is 0 Å². The first-order valence-electron chi connectivity index (χ1n) is 9.66. The quantitative estimate of drug-likeness (QED) is 0.529. The van der Waals surface area contributed by atoms with Crippen LogP contribution >= 0.6 is 0 Å². The Balaban J connectivity index is 0.000000675. The average Bonchev–Trinajstić information content (AvgIpc) is 2.71. The highest BCUT2D eigenvalue weighted by atomic mass is 32.2. The highest BCUT2D eigenvalue weighted by Crippen LogP contribution is 2.26. The van der Waals surface area contributed by atoms with Gasteiger partial charge in [-0.3, -0.25) is 4.72 Å². The molecule has 2 aromatic carbocycles. The first-order chi connectivity index (χ1) is 15.1. The Labute approximate surface area is 189 Å². The maximum absolute atomic E-state index is 12.6. The van der Waals surface area contributed by atoms with Crippen LogP contribution in [-0.2, 0) is 14.8 Å². The van der Waals surface area contributed by atoms with Gasteiger partial charge in [0.15, 0.2) is 0 Å². The van der Waals surface area contributed by atoms with E-state index in [1.807, 2.05) is 32.6 Å². The van der Waals surface area contributed by atoms with Gasteiger partial charge in [0, 0.05) is 18.8 Å². The molecule has 33 heavy (non-hydrogen) atoms. The second-order valence-electron chi connectivity index (χ2n) is 6.86. The number of anilines is 2. The molecule has 12 heteroatoms. The fourth-order valence-electron chi connectivity index (χ4n) is 2.71. The number of carboxylic acid groups (broad SMARTS) is 2. The Morgan fingerprint density at radius 1 is 0.970 bits per heavy atom. The maximum Gasteiger partial charge on any atom is 0.490 e. The van der Waals surface area contributed by atoms with Crippen molar-refractivity contribution in [2.24, 2.45) is 0 Å². The van der Waals surface area contributed by atoms with Crippen molar-refractivity contribution in [1.29, 1.82) is 0 Å². The first-order valence-corrected chi connectivity index (χ1v) is 11.1. The lowest BCUT2D eigenvalue weighted by Gasteiger charge is -2.23. The van der Waals surface area contributed by atoms with Gasteiger partial charge in [-0.1, -0.05) is 6.07 Å². The van der Waals surface area contributed by atoms with Gasteiger partial charge in [0.05, 0.1) is 16.1 Å². The zero-order valence-electron chi connectivity index (χ0n) is 18.4. The first kappa shape index (κ1) is 27.8. The Kier molecular flexibility index (Phi) is 9.28. The van der Waals surface area contributed by atoms with Crippen LogP contribution in [0.5, 0.6) is 0 Å². The fourth-order valence-corrected chi connectivity index (χ4v) is 3.84. The summed E-state index contributed by atoms with van der Waals surface area (Å²) in [6.07, 6.45) is -5.08. The highest BCUT2D eigenvalue weighted by Gasteiger charge is 2.38. The van der Waals surface area contributed by atoms with Crippen molar-refractivity contribution in [2.75, 3.05) is 22.7 Å². The standard InChI is InChI=1S/C19H24N2O4S.C2HF3O2/c1-5-21(6-2)18-10-8-15(12-17(18)19(22)23)20-26(24,25)16-9-7-13(3)14(4)11-16;3-2(4,5)1(6)7/h7-12,20H,5-6H2,1-4H3,(H,22,23);(H,6,7). The molecule has 0 spiro atoms. The van der Waals surface area contributed by atoms with Crippen molar-refractivity contribution in [3.05, 3.63) is 53.1 Å². The summed E-state index contributed by atoms with van der Waals surface area (Å²) in [7, 11) is -3.80. The van der Waals surface area contributed by atoms with Gasteiger partial charge >= 0.3 is 18.1 Å². The molecule has 0 amide bonds. The van der Waals surface area contributed by atoms with Gasteiger partial charge in [-0.05, 0) is 69.2 Å². The van der Waals surface area contributed by atoms with Crippen LogP contribution in [0.2, 0.25) is 0 Å². The zero-order valence-corrected chi connectivity index (χ0v) is 19.2. The maximum atomic E-state index is 12.6. The minimum absolute atomic E-state index is 0.0639. The summed E-state index contributed by atoms with van der Waals surface area (Å²) in [5, 5.41) is 16.6. The fraction of sp³-hybridized carbons (Fsp3) is 0.333. The van der Waals surface area contributed by atoms with Gasteiger partial charge < -0.3 is 15.1 Å². The molecule has 2 aromatic rings. The molecule has 182 valence electrons. The molecule has 0 saturated heterocycles. The molecule has 0 aliphatic carbocycles. The number of nitrogens with one attached hydrogen (secondary N) is 1. The molecular formula is C21H25F3N2O6S. The average molecular weight is 491 g/mol. The van der Waals surface area contributed by atoms with Gasteiger partial charge in [-0.15, -0.1) is 0 Å². The Morgan fingerprint density at radius 2 is 1.52 bits per heavy atom. The molecule has 0 atom stereocenters. The van der Waals surface area contributed by atoms with Crippen LogP contribution in [0.1, 0.15) is 35.3 Å². The predicted octanol–water partition coefficient (Wildman–Crippen LogP) is 4.28. The number of hydrogen-bond donors (Lipinski definition) is 3. The van der Waals surface area contributed by atoms with Crippen molar-refractivity contribution in [1.82, 2.24) is 0 Å². The summed E-state index contributed by atoms with van der Waals surface area (Å²) >= 11 is 0. The number of benzene rings is 2. The molecule has 0 fully saturated rings. The molecule has 0 aliphatic heterocycles. The lowest BCUT2D eigenvalue weighted by molar-refractivity contribution is -0.192. The Bertz CT molecular complexity index is 1110. The number of nitrogens with zero attached hydrogens (tertiary/aromatic N) is 1. The van der Waals surface area contributed by atoms with E-state index in [4.69, 9.17) is 9.90 Å². The van der Waals surface area contributed by atoms with Gasteiger partial charge in [-0.25, -0.2) is 18.0 Å². The summed E-state index contributed by atoms with van der Waals surface area (Å²) in [5.41, 5.74) is 2.72. The van der Waals surface area contributed by atoms with Crippen molar-refractivity contribution < 1.29 is 41.4 Å². The minimum Gasteiger partial charge on any atom is -0.478 e. The largest absolute Gasteiger partial charge is 0.490 e. The number of aryl methyl sites for hydroxylation is 2. The van der Waals surface area contributed by atoms with E-state index in [0.717, 1.165) is 11.1 Å². The Morgan fingerprint density at radius 3 is 1.94 bits per heavy atom. The molecule has 2 rings (SSSR count). The summed E-state index contributed by atoms with van der Waals surface area (Å²) < 4.78 is 59.4. The lowest BCUT2D eigenvalue weighted by Crippen LogP contribution is -2.24. The highest BCUT2D eigenvalue weighted by molar-refractivity contribution is 7.92. The van der Waals surface area contributed by atoms with Crippen molar-refractivity contribution in [2.45, 2.75) is 38.8 Å². The molecular weight excluding hydrogens is 465 g/mol. The number of aliphatic carboxylic acids is 1. The van der Waals surface area contributed by atoms with Crippen molar-refractivity contribution in [3.8, 4) is 0 Å². The SMILES string of the molecule is CCN(CC)c1ccc(NS(=O)(=O)c2ccc(C)c(C)c2)cc1C(=O)O.O=C(O)C(F)(F)F. The monoisotopic (exact) mass is 490 g/mol. The number of halogens is 3. The van der Waals surface area contributed by atoms with Crippen LogP contribution in [0.3, 0.4) is 0 Å².